The molecule has 0 atom stereocenters. The van der Waals surface area contributed by atoms with Crippen molar-refractivity contribution >= 4 is 31.3 Å². The quantitative estimate of drug-likeness (QED) is 0.178. The van der Waals surface area contributed by atoms with Gasteiger partial charge >= 0.3 is 31.3 Å². The molecule has 0 saturated heterocycles. The van der Waals surface area contributed by atoms with Crippen molar-refractivity contribution in [3.8, 4) is 0 Å². The molecule has 0 rings (SSSR count). The fraction of sp³-hybridized carbons (Fsp3) is 1.00. The summed E-state index contributed by atoms with van der Waals surface area (Å²) in [6.07, 6.45) is 1.25. The molecule has 12 N–H and O–H groups in total. The molecule has 0 fully saturated rings. The molecule has 0 heterocycles. The molecule has 0 bridgehead atoms. The van der Waals surface area contributed by atoms with Crippen LogP contribution in [0, 0.1) is 0 Å². The zero-order valence-electron chi connectivity index (χ0n) is 11.5. The molecule has 0 aliphatic rings. The van der Waals surface area contributed by atoms with Crippen LogP contribution in [0.25, 0.3) is 0 Å². The molecule has 0 radical (unpaired) electrons. The van der Waals surface area contributed by atoms with Gasteiger partial charge in [0.1, 0.15) is 0 Å². The van der Waals surface area contributed by atoms with Crippen LogP contribution in [0.3, 0.4) is 0 Å². The zero-order valence-corrected chi connectivity index (χ0v) is 15.1. The minimum absolute atomic E-state index is 1.25. The predicted octanol–water partition coefficient (Wildman–Crippen LogP) is -2.30. The van der Waals surface area contributed by atoms with E-state index >= 15 is 0 Å². The predicted molar refractivity (Wildman–Crippen MR) is 73.0 cm³/mol. The lowest BCUT2D eigenvalue weighted by atomic mass is 10.6. The Kier molecular flexibility index (Phi) is 24.1. The topological polar surface area (TPSA) is 311 Å². The van der Waals surface area contributed by atoms with Crippen molar-refractivity contribution in [2.75, 3.05) is 0 Å². The minimum Gasteiger partial charge on any atom is -0.303 e. The molecule has 0 saturated carbocycles. The molecule has 0 amide bonds. The van der Waals surface area contributed by atoms with Crippen LogP contribution in [0.1, 0.15) is 20.3 Å². The molecule has 0 unspecified atom stereocenters. The number of rotatable bonds is 0. The highest BCUT2D eigenvalue weighted by atomic mass is 31.2. The summed E-state index contributed by atoms with van der Waals surface area (Å²) >= 11 is 0. The average molecular weight is 436 g/mol. The van der Waals surface area contributed by atoms with Crippen LogP contribution in [-0.4, -0.2) is 58.7 Å². The van der Waals surface area contributed by atoms with Crippen molar-refractivity contribution < 1.29 is 77.0 Å². The summed E-state index contributed by atoms with van der Waals surface area (Å²) in [6.45, 7) is 4.25. The highest BCUT2D eigenvalue weighted by Crippen LogP contribution is 2.27. The van der Waals surface area contributed by atoms with Gasteiger partial charge in [-0.25, -0.2) is 18.3 Å². The Morgan fingerprint density at radius 2 is 0.435 bits per heavy atom. The molecular weight excluding hydrogens is 416 g/mol. The molecule has 0 aliphatic heterocycles. The van der Waals surface area contributed by atoms with E-state index in [1.54, 1.807) is 0 Å². The molecule has 0 spiro atoms. The van der Waals surface area contributed by atoms with Gasteiger partial charge in [-0.05, 0) is 0 Å². The lowest BCUT2D eigenvalue weighted by molar-refractivity contribution is 0.272. The Hall–Kier alpha value is 0.440. The zero-order chi connectivity index (χ0) is 20.7. The lowest BCUT2D eigenvalue weighted by Crippen LogP contribution is -1.66. The summed E-state index contributed by atoms with van der Waals surface area (Å²) in [6, 6.07) is 0. The number of phosphoric acid groups is 4. The molecule has 148 valence electrons. The first-order valence-electron chi connectivity index (χ1n) is 4.54. The van der Waals surface area contributed by atoms with E-state index in [1.807, 2.05) is 0 Å². The second-order valence-electron chi connectivity index (χ2n) is 2.76. The Labute approximate surface area is 129 Å². The van der Waals surface area contributed by atoms with Gasteiger partial charge in [0.15, 0.2) is 0 Å². The van der Waals surface area contributed by atoms with Gasteiger partial charge in [-0.3, -0.25) is 0 Å². The van der Waals surface area contributed by atoms with Gasteiger partial charge in [0.25, 0.3) is 0 Å². The Bertz CT molecular complexity index is 306. The third-order valence-electron chi connectivity index (χ3n) is 0. The van der Waals surface area contributed by atoms with E-state index < -0.39 is 31.3 Å². The highest BCUT2D eigenvalue weighted by Gasteiger charge is 2.01. The van der Waals surface area contributed by atoms with Gasteiger partial charge in [0.2, 0.25) is 0 Å². The minimum atomic E-state index is -4.64. The molecule has 16 nitrogen and oxygen atoms in total. The Morgan fingerprint density at radius 1 is 0.435 bits per heavy atom. The van der Waals surface area contributed by atoms with Gasteiger partial charge < -0.3 is 58.7 Å². The van der Waals surface area contributed by atoms with Crippen LogP contribution in [-0.2, 0) is 18.3 Å². The van der Waals surface area contributed by atoms with Crippen LogP contribution in [0.15, 0.2) is 0 Å². The largest absolute Gasteiger partial charge is 0.466 e. The average Bonchev–Trinajstić information content (AvgIpc) is 1.87. The fourth-order valence-corrected chi connectivity index (χ4v) is 0. The van der Waals surface area contributed by atoms with Crippen LogP contribution < -0.4 is 0 Å². The third kappa shape index (κ3) is 48400. The first-order valence-corrected chi connectivity index (χ1v) is 10.8. The molecule has 23 heavy (non-hydrogen) atoms. The van der Waals surface area contributed by atoms with E-state index in [2.05, 4.69) is 13.8 Å². The normalized spacial score (nSPS) is 11.0. The second-order valence-corrected chi connectivity index (χ2v) is 6.87. The molecule has 20 heteroatoms. The van der Waals surface area contributed by atoms with E-state index in [0.717, 1.165) is 0 Å². The monoisotopic (exact) mass is 436 g/mol. The summed E-state index contributed by atoms with van der Waals surface area (Å²) < 4.78 is 35.5. The van der Waals surface area contributed by atoms with Crippen molar-refractivity contribution in [3.63, 3.8) is 0 Å². The maximum atomic E-state index is 8.88. The molecule has 0 aromatic heterocycles. The standard InChI is InChI=1S/C3H8.4H3O4P/c1-3-2;4*1-5(2,3)4/h3H2,1-2H3;4*(H3,1,2,3,4). The second kappa shape index (κ2) is 15.9. The fourth-order valence-electron chi connectivity index (χ4n) is 0. The molecule has 0 aromatic rings. The Morgan fingerprint density at radius 3 is 0.435 bits per heavy atom. The van der Waals surface area contributed by atoms with E-state index in [4.69, 9.17) is 77.0 Å². The molecular formula is C3H20O16P4. The SMILES string of the molecule is CCC.O=P(O)(O)O.O=P(O)(O)O.O=P(O)(O)O.O=P(O)(O)O. The number of hydrogen-bond donors (Lipinski definition) is 12. The first kappa shape index (κ1) is 34.7. The van der Waals surface area contributed by atoms with E-state index in [9.17, 15) is 0 Å². The van der Waals surface area contributed by atoms with Crippen molar-refractivity contribution in [2.45, 2.75) is 20.3 Å². The molecule has 0 aliphatic carbocycles. The maximum absolute atomic E-state index is 8.88. The summed E-state index contributed by atoms with van der Waals surface area (Å²) in [4.78, 5) is 86.2. The van der Waals surface area contributed by atoms with Gasteiger partial charge in [0.05, 0.1) is 0 Å². The first-order chi connectivity index (χ1) is 9.41. The van der Waals surface area contributed by atoms with Gasteiger partial charge in [0, 0.05) is 0 Å². The van der Waals surface area contributed by atoms with Crippen LogP contribution in [0.5, 0.6) is 0 Å². The highest BCUT2D eigenvalue weighted by molar-refractivity contribution is 7.45. The van der Waals surface area contributed by atoms with Gasteiger partial charge in [-0.2, -0.15) is 0 Å². The Balaban J connectivity index is -0.0000000593. The van der Waals surface area contributed by atoms with Crippen LogP contribution in [0.2, 0.25) is 0 Å². The maximum Gasteiger partial charge on any atom is 0.466 e. The van der Waals surface area contributed by atoms with Gasteiger partial charge in [-0.1, -0.05) is 20.3 Å². The van der Waals surface area contributed by atoms with Crippen molar-refractivity contribution in [3.05, 3.63) is 0 Å². The van der Waals surface area contributed by atoms with Crippen molar-refractivity contribution in [1.82, 2.24) is 0 Å². The summed E-state index contributed by atoms with van der Waals surface area (Å²) in [5.41, 5.74) is 0. The van der Waals surface area contributed by atoms with Gasteiger partial charge in [-0.15, -0.1) is 0 Å². The smallest absolute Gasteiger partial charge is 0.303 e. The van der Waals surface area contributed by atoms with Crippen LogP contribution >= 0.6 is 31.3 Å². The molecule has 0 aromatic carbocycles. The summed E-state index contributed by atoms with van der Waals surface area (Å²) in [5.74, 6) is 0. The summed E-state index contributed by atoms with van der Waals surface area (Å²) in [7, 11) is -18.6. The van der Waals surface area contributed by atoms with Crippen molar-refractivity contribution in [2.24, 2.45) is 0 Å². The van der Waals surface area contributed by atoms with E-state index in [-0.39, 0.29) is 0 Å². The summed E-state index contributed by atoms with van der Waals surface area (Å²) in [5, 5.41) is 0. The van der Waals surface area contributed by atoms with E-state index in [0.29, 0.717) is 0 Å². The lowest BCUT2D eigenvalue weighted by Gasteiger charge is -1.82. The van der Waals surface area contributed by atoms with E-state index in [1.165, 1.54) is 6.42 Å². The number of hydrogen-bond acceptors (Lipinski definition) is 4. The van der Waals surface area contributed by atoms with Crippen molar-refractivity contribution in [1.29, 1.82) is 0 Å². The van der Waals surface area contributed by atoms with Crippen LogP contribution in [0.4, 0.5) is 0 Å². The third-order valence-corrected chi connectivity index (χ3v) is 0.